The summed E-state index contributed by atoms with van der Waals surface area (Å²) in [5.41, 5.74) is 2.32. The van der Waals surface area contributed by atoms with E-state index in [0.29, 0.717) is 0 Å². The topological polar surface area (TPSA) is 64.6 Å². The quantitative estimate of drug-likeness (QED) is 0.522. The molecule has 0 aliphatic carbocycles. The van der Waals surface area contributed by atoms with E-state index in [-0.39, 0.29) is 0 Å². The molecule has 3 aromatic rings. The van der Waals surface area contributed by atoms with E-state index in [2.05, 4.69) is 38.8 Å². The Bertz CT molecular complexity index is 857. The molecule has 0 spiro atoms. The van der Waals surface area contributed by atoms with Gasteiger partial charge in [0.05, 0.1) is 17.3 Å². The summed E-state index contributed by atoms with van der Waals surface area (Å²) in [4.78, 5) is 9.42. The number of rotatable bonds is 4. The number of nitrogens with zero attached hydrogens (tertiary/aromatic N) is 1. The van der Waals surface area contributed by atoms with Gasteiger partial charge in [0.2, 0.25) is 0 Å². The van der Waals surface area contributed by atoms with Gasteiger partial charge < -0.3 is 4.74 Å². The van der Waals surface area contributed by atoms with Crippen LogP contribution in [-0.4, -0.2) is 31.4 Å². The Hall–Kier alpha value is -2.64. The molecule has 4 N–H and O–H groups in total. The maximum Gasteiger partial charge on any atom is 0.359 e. The number of ether oxygens (including phenoxy) is 1. The van der Waals surface area contributed by atoms with Crippen molar-refractivity contribution in [1.29, 1.82) is 0 Å². The highest BCUT2D eigenvalue weighted by Crippen LogP contribution is 2.24. The van der Waals surface area contributed by atoms with Crippen LogP contribution in [0.1, 0.15) is 5.56 Å². The fourth-order valence-electron chi connectivity index (χ4n) is 2.83. The highest BCUT2D eigenvalue weighted by molar-refractivity contribution is 7.22. The summed E-state index contributed by atoms with van der Waals surface area (Å²) in [6.07, 6.45) is 0. The minimum absolute atomic E-state index is 0.853. The number of benzene rings is 2. The number of guanidine groups is 1. The van der Waals surface area contributed by atoms with Crippen LogP contribution in [-0.2, 0) is 6.54 Å². The van der Waals surface area contributed by atoms with Crippen LogP contribution in [0.2, 0.25) is 0 Å². The van der Waals surface area contributed by atoms with E-state index in [0.717, 1.165) is 42.2 Å². The van der Waals surface area contributed by atoms with Gasteiger partial charge in [-0.1, -0.05) is 23.5 Å². The number of hydrogen-bond donors (Lipinski definition) is 4. The monoisotopic (exact) mass is 355 g/mol. The summed E-state index contributed by atoms with van der Waals surface area (Å²) >= 11 is 1.66. The molecule has 128 valence electrons. The first-order chi connectivity index (χ1) is 12.3. The molecule has 0 bridgehead atoms. The van der Waals surface area contributed by atoms with Crippen molar-refractivity contribution in [1.82, 2.24) is 10.3 Å². The number of fused-ring (bicyclic) bond motifs is 1. The average molecular weight is 355 g/mol. The van der Waals surface area contributed by atoms with E-state index in [1.165, 1.54) is 15.2 Å². The van der Waals surface area contributed by atoms with Gasteiger partial charge in [-0.25, -0.2) is 20.6 Å². The van der Waals surface area contributed by atoms with Gasteiger partial charge in [0.15, 0.2) is 13.3 Å². The lowest BCUT2D eigenvalue weighted by Crippen LogP contribution is -3.23. The molecule has 0 fully saturated rings. The van der Waals surface area contributed by atoms with E-state index in [1.54, 1.807) is 18.4 Å². The summed E-state index contributed by atoms with van der Waals surface area (Å²) in [5, 5.41) is 7.64. The molecule has 25 heavy (non-hydrogen) atoms. The van der Waals surface area contributed by atoms with Gasteiger partial charge in [-0.3, -0.25) is 4.90 Å². The van der Waals surface area contributed by atoms with Crippen molar-refractivity contribution in [3.05, 3.63) is 54.1 Å². The van der Waals surface area contributed by atoms with Gasteiger partial charge in [0.25, 0.3) is 5.13 Å². The number of methoxy groups -OCH3 is 1. The summed E-state index contributed by atoms with van der Waals surface area (Å²) in [6, 6.07) is 16.4. The molecule has 1 aromatic heterocycles. The predicted octanol–water partition coefficient (Wildman–Crippen LogP) is -0.243. The van der Waals surface area contributed by atoms with Crippen LogP contribution in [0, 0.1) is 0 Å². The standard InChI is InChI=1S/C18H19N5OS/c1-24-14-8-6-13(7-9-14)10-23-11-19-17(20-12-23)22-18-21-15-4-2-3-5-16(15)25-18/h2-9H,10-12H2,1H3,(H2,19,20,21,22)/p+2. The maximum absolute atomic E-state index is 5.20. The fourth-order valence-corrected chi connectivity index (χ4v) is 3.70. The van der Waals surface area contributed by atoms with Gasteiger partial charge in [-0.05, 0) is 36.4 Å². The molecule has 4 rings (SSSR count). The van der Waals surface area contributed by atoms with Crippen molar-refractivity contribution >= 4 is 32.6 Å². The molecule has 0 saturated carbocycles. The van der Waals surface area contributed by atoms with E-state index >= 15 is 0 Å². The third-order valence-electron chi connectivity index (χ3n) is 4.17. The number of quaternary nitrogens is 1. The van der Waals surface area contributed by atoms with Gasteiger partial charge >= 0.3 is 5.96 Å². The van der Waals surface area contributed by atoms with Crippen molar-refractivity contribution in [3.63, 3.8) is 0 Å². The molecule has 0 radical (unpaired) electrons. The third kappa shape index (κ3) is 3.72. The summed E-state index contributed by atoms with van der Waals surface area (Å²) < 4.78 is 6.39. The number of thiazole rings is 1. The molecule has 0 amide bonds. The summed E-state index contributed by atoms with van der Waals surface area (Å²) in [5.74, 6) is 1.81. The Balaban J connectivity index is 1.36. The number of anilines is 1. The molecule has 1 aliphatic rings. The Morgan fingerprint density at radius 3 is 2.80 bits per heavy atom. The molecular weight excluding hydrogens is 334 g/mol. The largest absolute Gasteiger partial charge is 0.497 e. The minimum atomic E-state index is 0.853. The summed E-state index contributed by atoms with van der Waals surface area (Å²) in [7, 11) is 1.69. The first-order valence-corrected chi connectivity index (χ1v) is 9.05. The molecule has 1 atom stereocenters. The van der Waals surface area contributed by atoms with E-state index in [4.69, 9.17) is 4.74 Å². The number of hydrogen-bond acceptors (Lipinski definition) is 5. The first-order valence-electron chi connectivity index (χ1n) is 8.24. The maximum atomic E-state index is 5.20. The molecule has 2 aromatic carbocycles. The van der Waals surface area contributed by atoms with Crippen LogP contribution in [0.3, 0.4) is 0 Å². The smallest absolute Gasteiger partial charge is 0.359 e. The van der Waals surface area contributed by atoms with Crippen LogP contribution in [0.4, 0.5) is 5.13 Å². The van der Waals surface area contributed by atoms with Gasteiger partial charge in [-0.2, -0.15) is 0 Å². The Labute approximate surface area is 150 Å². The van der Waals surface area contributed by atoms with Crippen LogP contribution in [0.25, 0.3) is 10.2 Å². The molecule has 0 saturated heterocycles. The zero-order chi connectivity index (χ0) is 17.1. The van der Waals surface area contributed by atoms with Crippen LogP contribution < -0.4 is 25.3 Å². The SMILES string of the molecule is COc1ccc(C[NH+]2CNC(Nc3nc4ccccc4s3)=[NH+]C2)cc1. The van der Waals surface area contributed by atoms with Gasteiger partial charge in [0.1, 0.15) is 12.3 Å². The minimum Gasteiger partial charge on any atom is -0.497 e. The Morgan fingerprint density at radius 2 is 2.08 bits per heavy atom. The molecule has 1 unspecified atom stereocenters. The fraction of sp³-hybridized carbons (Fsp3) is 0.222. The van der Waals surface area contributed by atoms with Crippen molar-refractivity contribution < 1.29 is 14.6 Å². The molecule has 7 heteroatoms. The second-order valence-corrected chi connectivity index (χ2v) is 7.00. The third-order valence-corrected chi connectivity index (χ3v) is 5.12. The molecular formula is C18H21N5OS+2. The molecule has 6 nitrogen and oxygen atoms in total. The van der Waals surface area contributed by atoms with Crippen molar-refractivity contribution in [2.75, 3.05) is 25.8 Å². The highest BCUT2D eigenvalue weighted by atomic mass is 32.1. The Morgan fingerprint density at radius 1 is 1.24 bits per heavy atom. The summed E-state index contributed by atoms with van der Waals surface area (Å²) in [6.45, 7) is 2.66. The Kier molecular flexibility index (Phi) is 4.49. The van der Waals surface area contributed by atoms with Gasteiger partial charge in [0, 0.05) is 5.56 Å². The number of nitrogens with one attached hydrogen (secondary N) is 4. The lowest BCUT2D eigenvalue weighted by molar-refractivity contribution is -0.991. The lowest BCUT2D eigenvalue weighted by Gasteiger charge is -2.20. The van der Waals surface area contributed by atoms with Crippen LogP contribution in [0.5, 0.6) is 5.75 Å². The molecule has 2 heterocycles. The van der Waals surface area contributed by atoms with E-state index < -0.39 is 0 Å². The normalized spacial score (nSPS) is 17.0. The average Bonchev–Trinajstić information content (AvgIpc) is 3.06. The highest BCUT2D eigenvalue weighted by Gasteiger charge is 2.21. The molecule has 1 aliphatic heterocycles. The first kappa shape index (κ1) is 15.9. The number of aromatic nitrogens is 1. The van der Waals surface area contributed by atoms with Crippen molar-refractivity contribution in [3.8, 4) is 5.75 Å². The van der Waals surface area contributed by atoms with Crippen LogP contribution >= 0.6 is 11.3 Å². The number of para-hydroxylation sites is 1. The van der Waals surface area contributed by atoms with E-state index in [9.17, 15) is 0 Å². The van der Waals surface area contributed by atoms with Crippen molar-refractivity contribution in [2.45, 2.75) is 6.54 Å². The second-order valence-electron chi connectivity index (χ2n) is 5.97. The van der Waals surface area contributed by atoms with Crippen LogP contribution in [0.15, 0.2) is 48.5 Å². The lowest BCUT2D eigenvalue weighted by atomic mass is 10.2. The van der Waals surface area contributed by atoms with Crippen molar-refractivity contribution in [2.24, 2.45) is 0 Å². The predicted molar refractivity (Wildman–Crippen MR) is 99.7 cm³/mol. The zero-order valence-corrected chi connectivity index (χ0v) is 14.8. The van der Waals surface area contributed by atoms with E-state index in [1.807, 2.05) is 30.3 Å². The van der Waals surface area contributed by atoms with Gasteiger partial charge in [-0.15, -0.1) is 0 Å². The zero-order valence-electron chi connectivity index (χ0n) is 14.0. The second kappa shape index (κ2) is 7.08.